The second kappa shape index (κ2) is 6.49. The first kappa shape index (κ1) is 16.3. The van der Waals surface area contributed by atoms with E-state index in [1.54, 1.807) is 28.9 Å². The molecule has 0 amide bonds. The summed E-state index contributed by atoms with van der Waals surface area (Å²) < 4.78 is 7.46. The van der Waals surface area contributed by atoms with Crippen molar-refractivity contribution in [1.29, 1.82) is 0 Å². The number of rotatable bonds is 5. The Bertz CT molecular complexity index is 905. The zero-order chi connectivity index (χ0) is 17.3. The van der Waals surface area contributed by atoms with Gasteiger partial charge < -0.3 is 9.84 Å². The summed E-state index contributed by atoms with van der Waals surface area (Å²) in [5.74, 6) is -0.558. The van der Waals surface area contributed by atoms with Crippen molar-refractivity contribution < 1.29 is 14.6 Å². The highest BCUT2D eigenvalue weighted by Crippen LogP contribution is 2.27. The van der Waals surface area contributed by atoms with Crippen molar-refractivity contribution in [3.05, 3.63) is 58.5 Å². The quantitative estimate of drug-likeness (QED) is 0.766. The van der Waals surface area contributed by atoms with Crippen molar-refractivity contribution >= 4 is 23.1 Å². The number of carboxylic acid groups (broad SMARTS) is 1. The van der Waals surface area contributed by atoms with Crippen LogP contribution in [-0.4, -0.2) is 31.8 Å². The molecule has 7 heteroatoms. The highest BCUT2D eigenvalue weighted by molar-refractivity contribution is 6.30. The predicted molar refractivity (Wildman–Crippen MR) is 90.0 cm³/mol. The van der Waals surface area contributed by atoms with Crippen LogP contribution in [0, 0.1) is 0 Å². The number of hydrogen-bond donors (Lipinski definition) is 1. The maximum atomic E-state index is 11.1. The van der Waals surface area contributed by atoms with Crippen LogP contribution in [-0.2, 0) is 6.42 Å². The number of hydrogen-bond acceptors (Lipinski definition) is 4. The van der Waals surface area contributed by atoms with Crippen LogP contribution in [0.2, 0.25) is 5.02 Å². The van der Waals surface area contributed by atoms with Crippen LogP contribution in [0.1, 0.15) is 35.6 Å². The lowest BCUT2D eigenvalue weighted by molar-refractivity contribution is 0.0690. The monoisotopic (exact) mass is 345 g/mol. The van der Waals surface area contributed by atoms with Gasteiger partial charge in [-0.1, -0.05) is 17.7 Å². The van der Waals surface area contributed by atoms with Crippen LogP contribution in [0.3, 0.4) is 0 Å². The van der Waals surface area contributed by atoms with Crippen molar-refractivity contribution in [1.82, 2.24) is 14.6 Å². The summed E-state index contributed by atoms with van der Waals surface area (Å²) in [6.45, 7) is 3.84. The van der Waals surface area contributed by atoms with Gasteiger partial charge in [0.2, 0.25) is 5.88 Å². The normalized spacial score (nSPS) is 11.2. The number of halogens is 1. The Balaban J connectivity index is 2.06. The average molecular weight is 346 g/mol. The molecule has 0 aromatic carbocycles. The van der Waals surface area contributed by atoms with E-state index in [1.807, 2.05) is 19.9 Å². The topological polar surface area (TPSA) is 76.7 Å². The number of carboxylic acids is 1. The van der Waals surface area contributed by atoms with Crippen LogP contribution in [0.4, 0.5) is 0 Å². The third-order valence-corrected chi connectivity index (χ3v) is 3.61. The molecule has 0 radical (unpaired) electrons. The van der Waals surface area contributed by atoms with Crippen LogP contribution < -0.4 is 4.74 Å². The number of carbonyl (C=O) groups is 1. The van der Waals surface area contributed by atoms with Gasteiger partial charge >= 0.3 is 5.97 Å². The summed E-state index contributed by atoms with van der Waals surface area (Å²) in [7, 11) is 0. The second-order valence-corrected chi connectivity index (χ2v) is 6.06. The minimum absolute atomic E-state index is 0.0124. The van der Waals surface area contributed by atoms with Gasteiger partial charge in [-0.2, -0.15) is 0 Å². The van der Waals surface area contributed by atoms with Gasteiger partial charge in [0.05, 0.1) is 16.6 Å². The van der Waals surface area contributed by atoms with E-state index in [1.165, 1.54) is 6.07 Å². The summed E-state index contributed by atoms with van der Waals surface area (Å²) in [5, 5.41) is 14.1. The number of pyridine rings is 2. The number of aromatic nitrogens is 3. The van der Waals surface area contributed by atoms with E-state index >= 15 is 0 Å². The Kier molecular flexibility index (Phi) is 4.40. The molecular weight excluding hydrogens is 330 g/mol. The minimum Gasteiger partial charge on any atom is -0.477 e. The highest BCUT2D eigenvalue weighted by atomic mass is 35.5. The van der Waals surface area contributed by atoms with Gasteiger partial charge in [0.25, 0.3) is 0 Å². The average Bonchev–Trinajstić information content (AvgIpc) is 2.83. The molecule has 0 fully saturated rings. The molecule has 3 rings (SSSR count). The van der Waals surface area contributed by atoms with Gasteiger partial charge in [0.15, 0.2) is 0 Å². The molecule has 124 valence electrons. The molecule has 6 nitrogen and oxygen atoms in total. The molecule has 24 heavy (non-hydrogen) atoms. The first-order valence-electron chi connectivity index (χ1n) is 7.46. The molecule has 0 bridgehead atoms. The molecule has 3 heterocycles. The Morgan fingerprint density at radius 3 is 2.83 bits per heavy atom. The number of fused-ring (bicyclic) bond motifs is 1. The summed E-state index contributed by atoms with van der Waals surface area (Å²) in [6.07, 6.45) is 2.07. The molecule has 0 spiro atoms. The van der Waals surface area contributed by atoms with E-state index in [9.17, 15) is 4.79 Å². The molecule has 1 N–H and O–H groups in total. The fraction of sp³-hybridized carbons (Fsp3) is 0.235. The van der Waals surface area contributed by atoms with Gasteiger partial charge in [-0.3, -0.25) is 0 Å². The zero-order valence-corrected chi connectivity index (χ0v) is 14.0. The zero-order valence-electron chi connectivity index (χ0n) is 13.2. The minimum atomic E-state index is -1.05. The maximum Gasteiger partial charge on any atom is 0.354 e. The van der Waals surface area contributed by atoms with E-state index in [4.69, 9.17) is 21.4 Å². The number of nitrogens with zero attached hydrogens (tertiary/aromatic N) is 3. The fourth-order valence-corrected chi connectivity index (χ4v) is 2.57. The Morgan fingerprint density at radius 1 is 1.33 bits per heavy atom. The first-order chi connectivity index (χ1) is 11.4. The van der Waals surface area contributed by atoms with Gasteiger partial charge in [-0.05, 0) is 38.1 Å². The lowest BCUT2D eigenvalue weighted by atomic mass is 10.1. The molecule has 0 unspecified atom stereocenters. The molecule has 0 aliphatic heterocycles. The van der Waals surface area contributed by atoms with Crippen LogP contribution in [0.15, 0.2) is 36.5 Å². The van der Waals surface area contributed by atoms with Crippen LogP contribution in [0.25, 0.3) is 5.52 Å². The summed E-state index contributed by atoms with van der Waals surface area (Å²) in [4.78, 5) is 15.3. The molecule has 0 atom stereocenters. The second-order valence-electron chi connectivity index (χ2n) is 5.62. The maximum absolute atomic E-state index is 11.1. The van der Waals surface area contributed by atoms with Crippen molar-refractivity contribution in [3.63, 3.8) is 0 Å². The van der Waals surface area contributed by atoms with Crippen molar-refractivity contribution in [2.45, 2.75) is 26.4 Å². The van der Waals surface area contributed by atoms with E-state index in [2.05, 4.69) is 10.1 Å². The molecule has 0 saturated heterocycles. The van der Waals surface area contributed by atoms with Crippen LogP contribution in [0.5, 0.6) is 5.88 Å². The molecule has 3 aromatic heterocycles. The van der Waals surface area contributed by atoms with E-state index in [0.717, 1.165) is 11.1 Å². The Morgan fingerprint density at radius 2 is 2.12 bits per heavy atom. The van der Waals surface area contributed by atoms with Gasteiger partial charge in [-0.15, -0.1) is 5.10 Å². The highest BCUT2D eigenvalue weighted by Gasteiger charge is 2.17. The summed E-state index contributed by atoms with van der Waals surface area (Å²) in [6, 6.07) is 8.57. The molecule has 0 aliphatic rings. The SMILES string of the molecule is CC(C)Oc1nn2cc(Cl)ccc2c1Cc1cccc(C(=O)O)n1. The standard InChI is InChI=1S/C17H16ClN3O3/c1-10(2)24-16-13(15-7-6-11(18)9-21(15)20-16)8-12-4-3-5-14(19-12)17(22)23/h3-7,9-10H,8H2,1-2H3,(H,22,23). The third kappa shape index (κ3) is 3.33. The Labute approximate surface area is 143 Å². The third-order valence-electron chi connectivity index (χ3n) is 3.39. The van der Waals surface area contributed by atoms with E-state index in [0.29, 0.717) is 23.0 Å². The Hall–Kier alpha value is -2.60. The molecular formula is C17H16ClN3O3. The largest absolute Gasteiger partial charge is 0.477 e. The molecule has 0 saturated carbocycles. The lowest BCUT2D eigenvalue weighted by Gasteiger charge is -2.09. The molecule has 3 aromatic rings. The molecule has 0 aliphatic carbocycles. The smallest absolute Gasteiger partial charge is 0.354 e. The van der Waals surface area contributed by atoms with Crippen molar-refractivity contribution in [2.75, 3.05) is 0 Å². The fourth-order valence-electron chi connectivity index (χ4n) is 2.42. The first-order valence-corrected chi connectivity index (χ1v) is 7.84. The lowest BCUT2D eigenvalue weighted by Crippen LogP contribution is -2.08. The van der Waals surface area contributed by atoms with Gasteiger partial charge in [-0.25, -0.2) is 14.3 Å². The van der Waals surface area contributed by atoms with E-state index in [-0.39, 0.29) is 11.8 Å². The summed E-state index contributed by atoms with van der Waals surface area (Å²) >= 11 is 6.02. The van der Waals surface area contributed by atoms with Crippen molar-refractivity contribution in [3.8, 4) is 5.88 Å². The van der Waals surface area contributed by atoms with Gasteiger partial charge in [0.1, 0.15) is 5.69 Å². The van der Waals surface area contributed by atoms with Crippen molar-refractivity contribution in [2.24, 2.45) is 0 Å². The predicted octanol–water partition coefficient (Wildman–Crippen LogP) is 3.46. The van der Waals surface area contributed by atoms with E-state index < -0.39 is 5.97 Å². The summed E-state index contributed by atoms with van der Waals surface area (Å²) in [5.41, 5.74) is 2.33. The van der Waals surface area contributed by atoms with Crippen LogP contribution >= 0.6 is 11.6 Å². The number of aromatic carboxylic acids is 1. The van der Waals surface area contributed by atoms with Gasteiger partial charge in [0, 0.05) is 23.9 Å². The number of ether oxygens (including phenoxy) is 1.